The Labute approximate surface area is 174 Å². The van der Waals surface area contributed by atoms with Gasteiger partial charge in [0.2, 0.25) is 5.43 Å². The summed E-state index contributed by atoms with van der Waals surface area (Å²) in [5.41, 5.74) is 2.14. The highest BCUT2D eigenvalue weighted by Gasteiger charge is 2.19. The van der Waals surface area contributed by atoms with Gasteiger partial charge in [0.25, 0.3) is 0 Å². The number of nitrogens with zero attached hydrogens (tertiary/aromatic N) is 1. The van der Waals surface area contributed by atoms with Crippen LogP contribution < -0.4 is 5.43 Å². The van der Waals surface area contributed by atoms with E-state index in [1.807, 2.05) is 0 Å². The molecule has 1 saturated carbocycles. The van der Waals surface area contributed by atoms with Gasteiger partial charge in [0.1, 0.15) is 5.56 Å². The minimum Gasteiger partial charge on any atom is -0.462 e. The highest BCUT2D eigenvalue weighted by molar-refractivity contribution is 5.94. The molecule has 1 fully saturated rings. The van der Waals surface area contributed by atoms with E-state index < -0.39 is 5.97 Å². The molecule has 0 aliphatic heterocycles. The summed E-state index contributed by atoms with van der Waals surface area (Å²) in [6.07, 6.45) is 13.8. The number of pyridine rings is 1. The summed E-state index contributed by atoms with van der Waals surface area (Å²) in [6.45, 7) is 5.05. The fourth-order valence-corrected chi connectivity index (χ4v) is 4.53. The number of hydrogen-bond donors (Lipinski definition) is 0. The second-order valence-corrected chi connectivity index (χ2v) is 8.31. The third-order valence-corrected chi connectivity index (χ3v) is 6.18. The van der Waals surface area contributed by atoms with Gasteiger partial charge >= 0.3 is 5.97 Å². The molecule has 4 nitrogen and oxygen atoms in total. The van der Waals surface area contributed by atoms with Crippen LogP contribution in [0.1, 0.15) is 99.9 Å². The van der Waals surface area contributed by atoms with Crippen molar-refractivity contribution in [2.45, 2.75) is 90.5 Å². The van der Waals surface area contributed by atoms with Gasteiger partial charge < -0.3 is 9.30 Å². The first-order valence-corrected chi connectivity index (χ1v) is 11.5. The number of ether oxygens (including phenoxy) is 1. The van der Waals surface area contributed by atoms with E-state index >= 15 is 0 Å². The summed E-state index contributed by atoms with van der Waals surface area (Å²) in [4.78, 5) is 25.6. The predicted octanol–water partition coefficient (Wildman–Crippen LogP) is 6.20. The van der Waals surface area contributed by atoms with Crippen molar-refractivity contribution in [2.75, 3.05) is 6.61 Å². The molecule has 0 bridgehead atoms. The van der Waals surface area contributed by atoms with E-state index in [-0.39, 0.29) is 17.6 Å². The number of hydrogen-bond acceptors (Lipinski definition) is 3. The first-order valence-electron chi connectivity index (χ1n) is 11.5. The summed E-state index contributed by atoms with van der Waals surface area (Å²) >= 11 is 0. The number of aryl methyl sites for hydroxylation is 1. The summed E-state index contributed by atoms with van der Waals surface area (Å²) in [6, 6.07) is 6.34. The highest BCUT2D eigenvalue weighted by Crippen LogP contribution is 2.32. The molecular formula is C25H35NO3. The van der Waals surface area contributed by atoms with Crippen molar-refractivity contribution in [2.24, 2.45) is 0 Å². The third kappa shape index (κ3) is 5.29. The third-order valence-electron chi connectivity index (χ3n) is 6.18. The maximum absolute atomic E-state index is 13.2. The van der Waals surface area contributed by atoms with E-state index in [1.165, 1.54) is 56.9 Å². The molecule has 2 aromatic rings. The van der Waals surface area contributed by atoms with Crippen LogP contribution in [-0.2, 0) is 11.3 Å². The Morgan fingerprint density at radius 2 is 1.83 bits per heavy atom. The Balaban J connectivity index is 2.02. The Hall–Kier alpha value is -2.10. The Morgan fingerprint density at radius 1 is 1.07 bits per heavy atom. The molecule has 0 unspecified atom stereocenters. The van der Waals surface area contributed by atoms with Crippen LogP contribution in [0.2, 0.25) is 0 Å². The van der Waals surface area contributed by atoms with Crippen LogP contribution in [0.3, 0.4) is 0 Å². The Bertz CT molecular complexity index is 876. The van der Waals surface area contributed by atoms with Crippen LogP contribution in [-0.4, -0.2) is 17.1 Å². The van der Waals surface area contributed by atoms with E-state index in [0.717, 1.165) is 24.9 Å². The van der Waals surface area contributed by atoms with E-state index in [1.54, 1.807) is 13.1 Å². The van der Waals surface area contributed by atoms with Crippen molar-refractivity contribution in [1.29, 1.82) is 0 Å². The van der Waals surface area contributed by atoms with Crippen LogP contribution in [0, 0.1) is 0 Å². The smallest absolute Gasteiger partial charge is 0.343 e. The lowest BCUT2D eigenvalue weighted by atomic mass is 9.90. The number of rotatable bonds is 8. The van der Waals surface area contributed by atoms with Crippen LogP contribution in [0.15, 0.2) is 29.2 Å². The van der Waals surface area contributed by atoms with Crippen molar-refractivity contribution in [1.82, 2.24) is 4.57 Å². The molecule has 4 heteroatoms. The van der Waals surface area contributed by atoms with Crippen molar-refractivity contribution in [3.05, 3.63) is 45.7 Å². The quantitative estimate of drug-likeness (QED) is 0.303. The lowest BCUT2D eigenvalue weighted by molar-refractivity contribution is 0.0524. The number of fused-ring (bicyclic) bond motifs is 1. The summed E-state index contributed by atoms with van der Waals surface area (Å²) in [5.74, 6) is 0.00660. The van der Waals surface area contributed by atoms with Gasteiger partial charge in [-0.05, 0) is 49.8 Å². The monoisotopic (exact) mass is 397 g/mol. The minimum absolute atomic E-state index is 0.160. The number of carbonyl (C=O) groups excluding carboxylic acids is 1. The standard InChI is InChI=1S/C25H35NO3/c1-3-5-6-11-16-26-18-22(25(28)29-4-2)24(27)21-17-20(14-15-23(21)26)19-12-9-7-8-10-13-19/h14-15,17-19H,3-13,16H2,1-2H3. The number of esters is 1. The van der Waals surface area contributed by atoms with E-state index in [9.17, 15) is 9.59 Å². The average molecular weight is 398 g/mol. The number of aromatic nitrogens is 1. The van der Waals surface area contributed by atoms with E-state index in [4.69, 9.17) is 4.74 Å². The van der Waals surface area contributed by atoms with Gasteiger partial charge in [0, 0.05) is 18.1 Å². The molecule has 1 aliphatic rings. The summed E-state index contributed by atoms with van der Waals surface area (Å²) < 4.78 is 7.25. The predicted molar refractivity (Wildman–Crippen MR) is 119 cm³/mol. The second kappa shape index (κ2) is 10.6. The molecule has 1 aromatic carbocycles. The van der Waals surface area contributed by atoms with Gasteiger partial charge in [-0.1, -0.05) is 57.9 Å². The summed E-state index contributed by atoms with van der Waals surface area (Å²) in [7, 11) is 0. The molecule has 0 saturated heterocycles. The van der Waals surface area contributed by atoms with Crippen molar-refractivity contribution >= 4 is 16.9 Å². The second-order valence-electron chi connectivity index (χ2n) is 8.31. The van der Waals surface area contributed by atoms with Gasteiger partial charge in [-0.25, -0.2) is 4.79 Å². The molecule has 1 heterocycles. The van der Waals surface area contributed by atoms with Gasteiger partial charge in [0.15, 0.2) is 0 Å². The van der Waals surface area contributed by atoms with Gasteiger partial charge in [-0.15, -0.1) is 0 Å². The average Bonchev–Trinajstić information content (AvgIpc) is 3.02. The molecule has 0 radical (unpaired) electrons. The summed E-state index contributed by atoms with van der Waals surface area (Å²) in [5, 5.41) is 0.660. The van der Waals surface area contributed by atoms with Crippen LogP contribution in [0.5, 0.6) is 0 Å². The molecule has 0 N–H and O–H groups in total. The zero-order valence-electron chi connectivity index (χ0n) is 18.0. The molecular weight excluding hydrogens is 362 g/mol. The van der Waals surface area contributed by atoms with Crippen LogP contribution >= 0.6 is 0 Å². The van der Waals surface area contributed by atoms with E-state index in [0.29, 0.717) is 11.3 Å². The van der Waals surface area contributed by atoms with Crippen molar-refractivity contribution in [3.63, 3.8) is 0 Å². The molecule has 29 heavy (non-hydrogen) atoms. The lowest BCUT2D eigenvalue weighted by Gasteiger charge is -2.18. The SMILES string of the molecule is CCCCCCn1cc(C(=O)OCC)c(=O)c2cc(C3CCCCCC3)ccc21. The fourth-order valence-electron chi connectivity index (χ4n) is 4.53. The first-order chi connectivity index (χ1) is 14.2. The highest BCUT2D eigenvalue weighted by atomic mass is 16.5. The lowest BCUT2D eigenvalue weighted by Crippen LogP contribution is -2.21. The zero-order chi connectivity index (χ0) is 20.6. The molecule has 1 aromatic heterocycles. The molecule has 158 valence electrons. The number of benzene rings is 1. The molecule has 3 rings (SSSR count). The first kappa shape index (κ1) is 21.6. The van der Waals surface area contributed by atoms with E-state index in [2.05, 4.69) is 29.7 Å². The number of unbranched alkanes of at least 4 members (excludes halogenated alkanes) is 3. The van der Waals surface area contributed by atoms with Gasteiger partial charge in [0.05, 0.1) is 12.1 Å². The fraction of sp³-hybridized carbons (Fsp3) is 0.600. The largest absolute Gasteiger partial charge is 0.462 e. The Kier molecular flexibility index (Phi) is 7.91. The van der Waals surface area contributed by atoms with Gasteiger partial charge in [-0.2, -0.15) is 0 Å². The molecule has 0 spiro atoms. The minimum atomic E-state index is -0.512. The topological polar surface area (TPSA) is 48.3 Å². The molecule has 1 aliphatic carbocycles. The molecule has 0 amide bonds. The van der Waals surface area contributed by atoms with Crippen molar-refractivity contribution in [3.8, 4) is 0 Å². The Morgan fingerprint density at radius 3 is 2.52 bits per heavy atom. The zero-order valence-corrected chi connectivity index (χ0v) is 18.0. The van der Waals surface area contributed by atoms with Crippen LogP contribution in [0.25, 0.3) is 10.9 Å². The number of carbonyl (C=O) groups is 1. The molecule has 0 atom stereocenters. The van der Waals surface area contributed by atoms with Crippen LogP contribution in [0.4, 0.5) is 0 Å². The van der Waals surface area contributed by atoms with Crippen molar-refractivity contribution < 1.29 is 9.53 Å². The normalized spacial score (nSPS) is 15.4. The van der Waals surface area contributed by atoms with Gasteiger partial charge in [-0.3, -0.25) is 4.79 Å². The maximum Gasteiger partial charge on any atom is 0.343 e. The maximum atomic E-state index is 13.2.